The van der Waals surface area contributed by atoms with Crippen LogP contribution in [0.4, 0.5) is 24.5 Å². The fourth-order valence-electron chi connectivity index (χ4n) is 0.998. The fraction of sp³-hybridized carbons (Fsp3) is 0.250. The molecule has 0 radical (unpaired) electrons. The van der Waals surface area contributed by atoms with Crippen LogP contribution in [-0.2, 0) is 0 Å². The summed E-state index contributed by atoms with van der Waals surface area (Å²) < 4.78 is 39.0. The molecule has 1 rings (SSSR count). The van der Waals surface area contributed by atoms with Crippen LogP contribution in [0.25, 0.3) is 0 Å². The Hall–Kier alpha value is -0.660. The molecule has 0 saturated heterocycles. The molecule has 0 amide bonds. The number of hydrogen-bond acceptors (Lipinski definition) is 2. The van der Waals surface area contributed by atoms with Crippen LogP contribution in [-0.4, -0.2) is 6.54 Å². The summed E-state index contributed by atoms with van der Waals surface area (Å²) in [5.41, 5.74) is 4.58. The molecule has 3 N–H and O–H groups in total. The van der Waals surface area contributed by atoms with Gasteiger partial charge < -0.3 is 11.1 Å². The maximum Gasteiger partial charge on any atom is 0.185 e. The lowest BCUT2D eigenvalue weighted by Gasteiger charge is -2.11. The van der Waals surface area contributed by atoms with E-state index >= 15 is 0 Å². The largest absolute Gasteiger partial charge is 0.395 e. The van der Waals surface area contributed by atoms with E-state index in [0.717, 1.165) is 0 Å². The third-order valence-electron chi connectivity index (χ3n) is 1.66. The van der Waals surface area contributed by atoms with E-state index in [1.165, 1.54) is 22.6 Å². The summed E-state index contributed by atoms with van der Waals surface area (Å²) >= 11 is 1.37. The Labute approximate surface area is 92.8 Å². The van der Waals surface area contributed by atoms with Gasteiger partial charge in [0.05, 0.1) is 14.9 Å². The number of nitrogens with two attached hydrogens (primary N) is 1. The lowest BCUT2D eigenvalue weighted by molar-refractivity contribution is 0.491. The highest BCUT2D eigenvalue weighted by molar-refractivity contribution is 14.1. The van der Waals surface area contributed by atoms with Crippen molar-refractivity contribution >= 4 is 34.0 Å². The number of hydrogen-bond donors (Lipinski definition) is 2. The van der Waals surface area contributed by atoms with Gasteiger partial charge in [-0.25, -0.2) is 13.2 Å². The van der Waals surface area contributed by atoms with Gasteiger partial charge in [0.25, 0.3) is 0 Å². The van der Waals surface area contributed by atoms with Crippen molar-refractivity contribution in [1.82, 2.24) is 0 Å². The zero-order valence-corrected chi connectivity index (χ0v) is 9.45. The minimum absolute atomic E-state index is 0.317. The van der Waals surface area contributed by atoms with Crippen molar-refractivity contribution in [3.63, 3.8) is 0 Å². The summed E-state index contributed by atoms with van der Waals surface area (Å²) in [7, 11) is 0. The summed E-state index contributed by atoms with van der Waals surface area (Å²) in [5.74, 6) is -3.29. The molecule has 0 unspecified atom stereocenters. The van der Waals surface area contributed by atoms with Crippen molar-refractivity contribution in [2.45, 2.75) is 6.92 Å². The van der Waals surface area contributed by atoms with Crippen molar-refractivity contribution in [2.75, 3.05) is 17.6 Å². The van der Waals surface area contributed by atoms with Crippen LogP contribution in [0, 0.1) is 21.0 Å². The molecule has 0 aromatic heterocycles. The molecule has 0 spiro atoms. The Morgan fingerprint density at radius 3 is 2.29 bits per heavy atom. The minimum atomic E-state index is -1.21. The highest BCUT2D eigenvalue weighted by atomic mass is 127. The molecule has 0 saturated carbocycles. The fourth-order valence-corrected chi connectivity index (χ4v) is 1.53. The summed E-state index contributed by atoms with van der Waals surface area (Å²) in [6.07, 6.45) is 0. The van der Waals surface area contributed by atoms with Gasteiger partial charge in [0.2, 0.25) is 0 Å². The normalized spacial score (nSPS) is 10.4. The SMILES string of the molecule is CCNc1c(N)c(F)c(I)c(F)c1F. The Morgan fingerprint density at radius 2 is 1.79 bits per heavy atom. The summed E-state index contributed by atoms with van der Waals surface area (Å²) in [6, 6.07) is 0. The lowest BCUT2D eigenvalue weighted by Crippen LogP contribution is -2.09. The molecule has 0 fully saturated rings. The molecule has 0 aliphatic carbocycles. The smallest absolute Gasteiger partial charge is 0.185 e. The molecule has 0 aliphatic rings. The molecule has 0 aliphatic heterocycles. The Bertz CT molecular complexity index is 339. The lowest BCUT2D eigenvalue weighted by atomic mass is 10.2. The molecule has 78 valence electrons. The van der Waals surface area contributed by atoms with E-state index in [4.69, 9.17) is 5.73 Å². The predicted molar refractivity (Wildman–Crippen MR) is 57.6 cm³/mol. The van der Waals surface area contributed by atoms with Crippen molar-refractivity contribution in [2.24, 2.45) is 0 Å². The number of nitrogen functional groups attached to an aromatic ring is 1. The average Bonchev–Trinajstić information content (AvgIpc) is 2.19. The zero-order chi connectivity index (χ0) is 10.9. The number of anilines is 2. The summed E-state index contributed by atoms with van der Waals surface area (Å²) in [4.78, 5) is 0. The van der Waals surface area contributed by atoms with Crippen LogP contribution in [0.15, 0.2) is 0 Å². The van der Waals surface area contributed by atoms with Crippen LogP contribution in [0.2, 0.25) is 0 Å². The van der Waals surface area contributed by atoms with Gasteiger partial charge in [-0.2, -0.15) is 0 Å². The maximum atomic E-state index is 13.2. The van der Waals surface area contributed by atoms with Crippen molar-refractivity contribution in [1.29, 1.82) is 0 Å². The molecule has 6 heteroatoms. The van der Waals surface area contributed by atoms with Crippen LogP contribution in [0.1, 0.15) is 6.92 Å². The molecule has 1 aromatic rings. The average molecular weight is 316 g/mol. The molecule has 0 bridgehead atoms. The van der Waals surface area contributed by atoms with Gasteiger partial charge in [0.1, 0.15) is 0 Å². The van der Waals surface area contributed by atoms with E-state index in [9.17, 15) is 13.2 Å². The molecular weight excluding hydrogens is 308 g/mol. The first-order chi connectivity index (χ1) is 6.50. The number of rotatable bonds is 2. The van der Waals surface area contributed by atoms with Crippen LogP contribution in [0.5, 0.6) is 0 Å². The molecule has 0 atom stereocenters. The van der Waals surface area contributed by atoms with E-state index in [-0.39, 0.29) is 5.69 Å². The van der Waals surface area contributed by atoms with Gasteiger partial charge in [-0.05, 0) is 29.5 Å². The van der Waals surface area contributed by atoms with E-state index < -0.39 is 26.7 Å². The topological polar surface area (TPSA) is 38.0 Å². The van der Waals surface area contributed by atoms with Gasteiger partial charge in [-0.1, -0.05) is 0 Å². The second-order valence-corrected chi connectivity index (χ2v) is 3.65. The molecule has 14 heavy (non-hydrogen) atoms. The Morgan fingerprint density at radius 1 is 1.21 bits per heavy atom. The van der Waals surface area contributed by atoms with Gasteiger partial charge in [-0.15, -0.1) is 0 Å². The number of halogens is 4. The predicted octanol–water partition coefficient (Wildman–Crippen LogP) is 2.72. The first kappa shape index (κ1) is 11.4. The Balaban J connectivity index is 3.43. The van der Waals surface area contributed by atoms with Crippen molar-refractivity contribution < 1.29 is 13.2 Å². The first-order valence-corrected chi connectivity index (χ1v) is 4.93. The highest BCUT2D eigenvalue weighted by Gasteiger charge is 2.21. The standard InChI is InChI=1S/C8H8F3IN2/c1-2-14-8-4(10)3(9)6(12)5(11)7(8)13/h14H,2,13H2,1H3. The van der Waals surface area contributed by atoms with E-state index in [2.05, 4.69) is 5.32 Å². The molecule has 1 aromatic carbocycles. The molecule has 0 heterocycles. The minimum Gasteiger partial charge on any atom is -0.395 e. The second kappa shape index (κ2) is 4.24. The monoisotopic (exact) mass is 316 g/mol. The second-order valence-electron chi connectivity index (χ2n) is 2.57. The quantitative estimate of drug-likeness (QED) is 0.381. The van der Waals surface area contributed by atoms with Crippen LogP contribution in [0.3, 0.4) is 0 Å². The first-order valence-electron chi connectivity index (χ1n) is 3.86. The summed E-state index contributed by atoms with van der Waals surface area (Å²) in [6.45, 7) is 2.01. The van der Waals surface area contributed by atoms with Gasteiger partial charge in [0.15, 0.2) is 17.5 Å². The van der Waals surface area contributed by atoms with Gasteiger partial charge in [-0.3, -0.25) is 0 Å². The highest BCUT2D eigenvalue weighted by Crippen LogP contribution is 2.31. The molecule has 2 nitrogen and oxygen atoms in total. The maximum absolute atomic E-state index is 13.2. The molecular formula is C8H8F3IN2. The Kier molecular flexibility index (Phi) is 3.46. The third-order valence-corrected chi connectivity index (χ3v) is 2.60. The van der Waals surface area contributed by atoms with Gasteiger partial charge in [0, 0.05) is 6.54 Å². The van der Waals surface area contributed by atoms with Gasteiger partial charge >= 0.3 is 0 Å². The third kappa shape index (κ3) is 1.75. The zero-order valence-electron chi connectivity index (χ0n) is 7.30. The van der Waals surface area contributed by atoms with E-state index in [1.807, 2.05) is 0 Å². The van der Waals surface area contributed by atoms with Crippen LogP contribution < -0.4 is 11.1 Å². The van der Waals surface area contributed by atoms with Crippen molar-refractivity contribution in [3.8, 4) is 0 Å². The number of benzene rings is 1. The summed E-state index contributed by atoms with van der Waals surface area (Å²) in [5, 5.41) is 2.47. The van der Waals surface area contributed by atoms with E-state index in [0.29, 0.717) is 6.54 Å². The van der Waals surface area contributed by atoms with E-state index in [1.54, 1.807) is 6.92 Å². The number of nitrogens with one attached hydrogen (secondary N) is 1. The van der Waals surface area contributed by atoms with Crippen molar-refractivity contribution in [3.05, 3.63) is 21.0 Å². The van der Waals surface area contributed by atoms with Crippen LogP contribution >= 0.6 is 22.6 Å².